The van der Waals surface area contributed by atoms with Crippen LogP contribution in [0.25, 0.3) is 11.0 Å². The molecule has 1 aromatic carbocycles. The Morgan fingerprint density at radius 1 is 1.42 bits per heavy atom. The summed E-state index contributed by atoms with van der Waals surface area (Å²) in [4.78, 5) is 32.5. The molecule has 0 bridgehead atoms. The lowest BCUT2D eigenvalue weighted by atomic mass is 10.2. The lowest BCUT2D eigenvalue weighted by molar-refractivity contribution is 0.0950. The average molecular weight is 274 g/mol. The van der Waals surface area contributed by atoms with Crippen molar-refractivity contribution in [3.63, 3.8) is 0 Å². The van der Waals surface area contributed by atoms with Crippen LogP contribution in [0.5, 0.6) is 0 Å². The van der Waals surface area contributed by atoms with Gasteiger partial charge in [-0.3, -0.25) is 9.59 Å². The number of imidazole rings is 1. The van der Waals surface area contributed by atoms with Crippen molar-refractivity contribution in [3.8, 4) is 0 Å². The number of carbonyl (C=O) groups excluding carboxylic acids is 1. The third kappa shape index (κ3) is 2.41. The molecule has 0 spiro atoms. The molecule has 2 aromatic heterocycles. The summed E-state index contributed by atoms with van der Waals surface area (Å²) in [6.45, 7) is 0.304. The third-order valence-electron chi connectivity index (χ3n) is 2.69. The molecular formula is C12H10N4O2S. The number of nitrogens with one attached hydrogen (secondary N) is 3. The van der Waals surface area contributed by atoms with Gasteiger partial charge in [-0.25, -0.2) is 4.98 Å². The van der Waals surface area contributed by atoms with E-state index in [1.807, 2.05) is 0 Å². The van der Waals surface area contributed by atoms with Gasteiger partial charge in [0.25, 0.3) is 5.91 Å². The van der Waals surface area contributed by atoms with Gasteiger partial charge >= 0.3 is 4.87 Å². The van der Waals surface area contributed by atoms with E-state index in [4.69, 9.17) is 0 Å². The number of nitrogens with zero attached hydrogens (tertiary/aromatic N) is 1. The smallest absolute Gasteiger partial charge is 0.304 e. The molecule has 0 aliphatic carbocycles. The van der Waals surface area contributed by atoms with Crippen molar-refractivity contribution in [3.05, 3.63) is 50.8 Å². The number of carbonyl (C=O) groups is 1. The maximum absolute atomic E-state index is 12.0. The Balaban J connectivity index is 1.74. The van der Waals surface area contributed by atoms with E-state index >= 15 is 0 Å². The summed E-state index contributed by atoms with van der Waals surface area (Å²) in [6, 6.07) is 5.25. The minimum absolute atomic E-state index is 0.122. The zero-order valence-electron chi connectivity index (χ0n) is 9.77. The first kappa shape index (κ1) is 11.7. The lowest BCUT2D eigenvalue weighted by Gasteiger charge is -2.03. The van der Waals surface area contributed by atoms with E-state index < -0.39 is 0 Å². The van der Waals surface area contributed by atoms with E-state index in [1.165, 1.54) is 0 Å². The fourth-order valence-corrected chi connectivity index (χ4v) is 2.34. The van der Waals surface area contributed by atoms with Crippen molar-refractivity contribution in [1.29, 1.82) is 0 Å². The molecule has 19 heavy (non-hydrogen) atoms. The van der Waals surface area contributed by atoms with E-state index in [2.05, 4.69) is 20.3 Å². The Morgan fingerprint density at radius 2 is 2.32 bits per heavy atom. The van der Waals surface area contributed by atoms with Crippen molar-refractivity contribution in [2.75, 3.05) is 0 Å². The molecule has 3 N–H and O–H groups in total. The SMILES string of the molecule is O=C(NCc1csc(=O)[nH]1)c1ccc2nc[nH]c2c1. The van der Waals surface area contributed by atoms with Crippen LogP contribution in [0.4, 0.5) is 0 Å². The third-order valence-corrected chi connectivity index (χ3v) is 3.41. The molecule has 7 heteroatoms. The topological polar surface area (TPSA) is 90.6 Å². The van der Waals surface area contributed by atoms with Crippen molar-refractivity contribution >= 4 is 28.3 Å². The highest BCUT2D eigenvalue weighted by Gasteiger charge is 2.07. The molecule has 1 amide bonds. The second-order valence-corrected chi connectivity index (χ2v) is 4.83. The summed E-state index contributed by atoms with van der Waals surface area (Å²) in [5.74, 6) is -0.191. The maximum Gasteiger partial charge on any atom is 0.304 e. The first-order valence-corrected chi connectivity index (χ1v) is 6.48. The highest BCUT2D eigenvalue weighted by molar-refractivity contribution is 7.07. The molecule has 0 saturated carbocycles. The van der Waals surface area contributed by atoms with Crippen LogP contribution in [0.15, 0.2) is 34.7 Å². The van der Waals surface area contributed by atoms with Gasteiger partial charge in [0.2, 0.25) is 0 Å². The Kier molecular flexibility index (Phi) is 2.88. The number of hydrogen-bond acceptors (Lipinski definition) is 4. The van der Waals surface area contributed by atoms with Gasteiger partial charge in [0.15, 0.2) is 0 Å². The van der Waals surface area contributed by atoms with E-state index in [9.17, 15) is 9.59 Å². The molecule has 0 aliphatic heterocycles. The van der Waals surface area contributed by atoms with Gasteiger partial charge < -0.3 is 15.3 Å². The van der Waals surface area contributed by atoms with Crippen molar-refractivity contribution in [2.45, 2.75) is 6.54 Å². The molecule has 6 nitrogen and oxygen atoms in total. The van der Waals surface area contributed by atoms with Gasteiger partial charge in [0.1, 0.15) is 0 Å². The van der Waals surface area contributed by atoms with Crippen LogP contribution in [-0.4, -0.2) is 20.9 Å². The Hall–Kier alpha value is -2.41. The first-order valence-electron chi connectivity index (χ1n) is 5.60. The van der Waals surface area contributed by atoms with Crippen LogP contribution in [0, 0.1) is 0 Å². The lowest BCUT2D eigenvalue weighted by Crippen LogP contribution is -2.23. The fraction of sp³-hybridized carbons (Fsp3) is 0.0833. The first-order chi connectivity index (χ1) is 9.22. The number of fused-ring (bicyclic) bond motifs is 1. The monoisotopic (exact) mass is 274 g/mol. The highest BCUT2D eigenvalue weighted by Crippen LogP contribution is 2.11. The number of amides is 1. The molecule has 2 heterocycles. The minimum Gasteiger partial charge on any atom is -0.346 e. The second-order valence-electron chi connectivity index (χ2n) is 3.99. The summed E-state index contributed by atoms with van der Waals surface area (Å²) < 4.78 is 0. The molecule has 0 atom stereocenters. The second kappa shape index (κ2) is 4.69. The summed E-state index contributed by atoms with van der Waals surface area (Å²) >= 11 is 1.08. The van der Waals surface area contributed by atoms with Crippen molar-refractivity contribution < 1.29 is 4.79 Å². The molecule has 3 rings (SSSR count). The van der Waals surface area contributed by atoms with Crippen LogP contribution in [0.3, 0.4) is 0 Å². The molecule has 96 valence electrons. The van der Waals surface area contributed by atoms with E-state index in [-0.39, 0.29) is 10.8 Å². The van der Waals surface area contributed by atoms with Gasteiger partial charge in [-0.2, -0.15) is 0 Å². The number of hydrogen-bond donors (Lipinski definition) is 3. The van der Waals surface area contributed by atoms with Crippen molar-refractivity contribution in [2.24, 2.45) is 0 Å². The zero-order chi connectivity index (χ0) is 13.2. The summed E-state index contributed by atoms with van der Waals surface area (Å²) in [7, 11) is 0. The molecule has 0 aliphatic rings. The van der Waals surface area contributed by atoms with Gasteiger partial charge in [-0.1, -0.05) is 11.3 Å². The quantitative estimate of drug-likeness (QED) is 0.671. The minimum atomic E-state index is -0.191. The Bertz CT molecular complexity index is 786. The predicted octanol–water partition coefficient (Wildman–Crippen LogP) is 1.24. The largest absolute Gasteiger partial charge is 0.346 e. The normalized spacial score (nSPS) is 10.7. The summed E-state index contributed by atoms with van der Waals surface area (Å²) in [5, 5.41) is 4.44. The van der Waals surface area contributed by atoms with E-state index in [0.29, 0.717) is 17.8 Å². The predicted molar refractivity (Wildman–Crippen MR) is 72.2 cm³/mol. The maximum atomic E-state index is 12.0. The number of benzene rings is 1. The summed E-state index contributed by atoms with van der Waals surface area (Å²) in [6.07, 6.45) is 1.59. The standard InChI is InChI=1S/C12H10N4O2S/c17-11(13-4-8-5-19-12(18)16-8)7-1-2-9-10(3-7)15-6-14-9/h1-3,5-6H,4H2,(H,13,17)(H,14,15)(H,16,18). The molecule has 0 unspecified atom stereocenters. The Morgan fingerprint density at radius 3 is 3.11 bits per heavy atom. The number of thiazole rings is 1. The molecule has 3 aromatic rings. The molecule has 0 saturated heterocycles. The molecule has 0 fully saturated rings. The van der Waals surface area contributed by atoms with Gasteiger partial charge in [0.05, 0.1) is 23.9 Å². The number of aromatic amines is 2. The number of H-pyrrole nitrogens is 2. The molecule has 0 radical (unpaired) electrons. The highest BCUT2D eigenvalue weighted by atomic mass is 32.1. The van der Waals surface area contributed by atoms with E-state index in [0.717, 1.165) is 22.4 Å². The van der Waals surface area contributed by atoms with Crippen LogP contribution < -0.4 is 10.2 Å². The van der Waals surface area contributed by atoms with Crippen LogP contribution in [-0.2, 0) is 6.54 Å². The van der Waals surface area contributed by atoms with Crippen LogP contribution in [0.1, 0.15) is 16.1 Å². The van der Waals surface area contributed by atoms with Crippen LogP contribution >= 0.6 is 11.3 Å². The Labute approximate surface area is 111 Å². The van der Waals surface area contributed by atoms with E-state index in [1.54, 1.807) is 29.9 Å². The number of rotatable bonds is 3. The number of aromatic nitrogens is 3. The molecular weight excluding hydrogens is 264 g/mol. The van der Waals surface area contributed by atoms with Gasteiger partial charge in [0, 0.05) is 16.6 Å². The fourth-order valence-electron chi connectivity index (χ4n) is 1.75. The van der Waals surface area contributed by atoms with Gasteiger partial charge in [-0.05, 0) is 18.2 Å². The van der Waals surface area contributed by atoms with Crippen LogP contribution in [0.2, 0.25) is 0 Å². The summed E-state index contributed by atoms with van der Waals surface area (Å²) in [5.41, 5.74) is 2.88. The van der Waals surface area contributed by atoms with Gasteiger partial charge in [-0.15, -0.1) is 0 Å². The zero-order valence-corrected chi connectivity index (χ0v) is 10.6. The average Bonchev–Trinajstić information content (AvgIpc) is 3.03. The van der Waals surface area contributed by atoms with Crippen molar-refractivity contribution in [1.82, 2.24) is 20.3 Å².